The number of likely N-dealkylation sites (N-methyl/N-ethyl adjacent to an activating group) is 1. The van der Waals surface area contributed by atoms with Gasteiger partial charge in [0, 0.05) is 23.6 Å². The second kappa shape index (κ2) is 4.94. The second-order valence-electron chi connectivity index (χ2n) is 4.22. The van der Waals surface area contributed by atoms with Crippen molar-refractivity contribution in [3.8, 4) is 5.75 Å². The van der Waals surface area contributed by atoms with Gasteiger partial charge in [-0.3, -0.25) is 9.69 Å². The summed E-state index contributed by atoms with van der Waals surface area (Å²) in [5.74, 6) is 0.0266. The molecule has 0 fully saturated rings. The Labute approximate surface area is 105 Å². The number of benzene rings is 1. The van der Waals surface area contributed by atoms with Gasteiger partial charge in [-0.2, -0.15) is 0 Å². The minimum Gasteiger partial charge on any atom is -0.493 e. The molecule has 92 valence electrons. The van der Waals surface area contributed by atoms with Crippen LogP contribution in [0.3, 0.4) is 0 Å². The summed E-state index contributed by atoms with van der Waals surface area (Å²) in [4.78, 5) is 12.3. The fraction of sp³-hybridized carbons (Fsp3) is 0.417. The summed E-state index contributed by atoms with van der Waals surface area (Å²) < 4.78 is 5.56. The Morgan fingerprint density at radius 3 is 3.06 bits per heavy atom. The normalized spacial score (nSPS) is 13.6. The molecule has 5 heteroatoms. The van der Waals surface area contributed by atoms with Crippen molar-refractivity contribution < 1.29 is 14.6 Å². The van der Waals surface area contributed by atoms with Gasteiger partial charge >= 0.3 is 5.97 Å². The summed E-state index contributed by atoms with van der Waals surface area (Å²) in [5, 5.41) is 9.39. The van der Waals surface area contributed by atoms with Crippen LogP contribution in [0.15, 0.2) is 12.1 Å². The SMILES string of the molecule is CN(CC(=O)O)Cc1cc(Cl)cc2c1OCC2. The quantitative estimate of drug-likeness (QED) is 0.891. The van der Waals surface area contributed by atoms with E-state index >= 15 is 0 Å². The highest BCUT2D eigenvalue weighted by atomic mass is 35.5. The molecule has 0 unspecified atom stereocenters. The first-order valence-corrected chi connectivity index (χ1v) is 5.78. The lowest BCUT2D eigenvalue weighted by molar-refractivity contribution is -0.138. The van der Waals surface area contributed by atoms with Crippen LogP contribution in [-0.2, 0) is 17.8 Å². The molecular weight excluding hydrogens is 242 g/mol. The first-order chi connectivity index (χ1) is 8.06. The minimum atomic E-state index is -0.841. The molecule has 4 nitrogen and oxygen atoms in total. The zero-order chi connectivity index (χ0) is 12.4. The predicted molar refractivity (Wildman–Crippen MR) is 64.6 cm³/mol. The van der Waals surface area contributed by atoms with E-state index in [9.17, 15) is 4.79 Å². The number of halogens is 1. The van der Waals surface area contributed by atoms with Crippen LogP contribution in [0.1, 0.15) is 11.1 Å². The molecule has 0 spiro atoms. The molecule has 1 N–H and O–H groups in total. The summed E-state index contributed by atoms with van der Waals surface area (Å²) in [6, 6.07) is 3.74. The van der Waals surface area contributed by atoms with Crippen molar-refractivity contribution >= 4 is 17.6 Å². The van der Waals surface area contributed by atoms with E-state index in [1.807, 2.05) is 12.1 Å². The number of rotatable bonds is 4. The van der Waals surface area contributed by atoms with Crippen molar-refractivity contribution in [2.45, 2.75) is 13.0 Å². The molecule has 0 saturated carbocycles. The van der Waals surface area contributed by atoms with E-state index in [-0.39, 0.29) is 6.54 Å². The van der Waals surface area contributed by atoms with Crippen molar-refractivity contribution in [1.29, 1.82) is 0 Å². The number of nitrogens with zero attached hydrogens (tertiary/aromatic N) is 1. The maximum atomic E-state index is 10.6. The molecule has 0 atom stereocenters. The van der Waals surface area contributed by atoms with Crippen LogP contribution in [0.4, 0.5) is 0 Å². The fourth-order valence-electron chi connectivity index (χ4n) is 2.04. The van der Waals surface area contributed by atoms with Gasteiger partial charge in [0.25, 0.3) is 0 Å². The second-order valence-corrected chi connectivity index (χ2v) is 4.65. The number of carbonyl (C=O) groups is 1. The lowest BCUT2D eigenvalue weighted by Gasteiger charge is -2.16. The lowest BCUT2D eigenvalue weighted by atomic mass is 10.1. The smallest absolute Gasteiger partial charge is 0.317 e. The Morgan fingerprint density at radius 1 is 1.59 bits per heavy atom. The van der Waals surface area contributed by atoms with Gasteiger partial charge in [-0.25, -0.2) is 0 Å². The van der Waals surface area contributed by atoms with Crippen molar-refractivity contribution in [2.24, 2.45) is 0 Å². The van der Waals surface area contributed by atoms with Gasteiger partial charge in [-0.05, 0) is 24.7 Å². The summed E-state index contributed by atoms with van der Waals surface area (Å²) in [7, 11) is 1.76. The van der Waals surface area contributed by atoms with E-state index < -0.39 is 5.97 Å². The number of hydrogen-bond acceptors (Lipinski definition) is 3. The fourth-order valence-corrected chi connectivity index (χ4v) is 2.30. The molecule has 0 aromatic heterocycles. The van der Waals surface area contributed by atoms with Gasteiger partial charge in [-0.1, -0.05) is 11.6 Å². The molecule has 0 aliphatic carbocycles. The maximum Gasteiger partial charge on any atom is 0.317 e. The zero-order valence-electron chi connectivity index (χ0n) is 9.57. The molecular formula is C12H14ClNO3. The Balaban J connectivity index is 2.18. The zero-order valence-corrected chi connectivity index (χ0v) is 10.3. The molecule has 0 bridgehead atoms. The van der Waals surface area contributed by atoms with Gasteiger partial charge in [0.15, 0.2) is 0 Å². The number of aliphatic carboxylic acids is 1. The summed E-state index contributed by atoms with van der Waals surface area (Å²) >= 11 is 6.03. The Kier molecular flexibility index (Phi) is 3.54. The molecule has 2 rings (SSSR count). The number of ether oxygens (including phenoxy) is 1. The third kappa shape index (κ3) is 2.90. The minimum absolute atomic E-state index is 0.00128. The summed E-state index contributed by atoms with van der Waals surface area (Å²) in [6.45, 7) is 1.20. The number of fused-ring (bicyclic) bond motifs is 1. The van der Waals surface area contributed by atoms with Gasteiger partial charge in [0.05, 0.1) is 13.2 Å². The van der Waals surface area contributed by atoms with Gasteiger partial charge in [0.1, 0.15) is 5.75 Å². The van der Waals surface area contributed by atoms with Crippen LogP contribution < -0.4 is 4.74 Å². The van der Waals surface area contributed by atoms with E-state index in [0.717, 1.165) is 23.3 Å². The van der Waals surface area contributed by atoms with Crippen LogP contribution in [-0.4, -0.2) is 36.2 Å². The molecule has 0 saturated heterocycles. The van der Waals surface area contributed by atoms with E-state index in [1.54, 1.807) is 11.9 Å². The van der Waals surface area contributed by atoms with Gasteiger partial charge in [-0.15, -0.1) is 0 Å². The molecule has 1 aromatic carbocycles. The van der Waals surface area contributed by atoms with Crippen LogP contribution in [0.5, 0.6) is 5.75 Å². The van der Waals surface area contributed by atoms with E-state index in [4.69, 9.17) is 21.4 Å². The third-order valence-corrected chi connectivity index (χ3v) is 2.89. The first kappa shape index (κ1) is 12.2. The molecule has 17 heavy (non-hydrogen) atoms. The maximum absolute atomic E-state index is 10.6. The number of carboxylic acids is 1. The average molecular weight is 256 g/mol. The Morgan fingerprint density at radius 2 is 2.35 bits per heavy atom. The Hall–Kier alpha value is -1.26. The van der Waals surface area contributed by atoms with E-state index in [1.165, 1.54) is 0 Å². The highest BCUT2D eigenvalue weighted by molar-refractivity contribution is 6.30. The van der Waals surface area contributed by atoms with Crippen molar-refractivity contribution in [2.75, 3.05) is 20.2 Å². The predicted octanol–water partition coefficient (Wildman–Crippen LogP) is 1.79. The molecule has 0 amide bonds. The summed E-state index contributed by atoms with van der Waals surface area (Å²) in [6.07, 6.45) is 0.867. The van der Waals surface area contributed by atoms with Crippen LogP contribution in [0.25, 0.3) is 0 Å². The molecule has 1 aromatic rings. The van der Waals surface area contributed by atoms with Crippen LogP contribution in [0.2, 0.25) is 5.02 Å². The average Bonchev–Trinajstić information content (AvgIpc) is 2.63. The highest BCUT2D eigenvalue weighted by Crippen LogP contribution is 2.33. The highest BCUT2D eigenvalue weighted by Gasteiger charge is 2.18. The van der Waals surface area contributed by atoms with Gasteiger partial charge in [0.2, 0.25) is 0 Å². The number of hydrogen-bond donors (Lipinski definition) is 1. The van der Waals surface area contributed by atoms with Crippen molar-refractivity contribution in [1.82, 2.24) is 4.90 Å². The molecule has 0 radical (unpaired) electrons. The van der Waals surface area contributed by atoms with Crippen molar-refractivity contribution in [3.05, 3.63) is 28.3 Å². The lowest BCUT2D eigenvalue weighted by Crippen LogP contribution is -2.25. The van der Waals surface area contributed by atoms with E-state index in [0.29, 0.717) is 18.2 Å². The van der Waals surface area contributed by atoms with Crippen molar-refractivity contribution in [3.63, 3.8) is 0 Å². The van der Waals surface area contributed by atoms with E-state index in [2.05, 4.69) is 0 Å². The standard InChI is InChI=1S/C12H14ClNO3/c1-14(7-11(15)16)6-9-5-10(13)4-8-2-3-17-12(8)9/h4-5H,2-3,6-7H2,1H3,(H,15,16). The third-order valence-electron chi connectivity index (χ3n) is 2.67. The van der Waals surface area contributed by atoms with Crippen LogP contribution in [0, 0.1) is 0 Å². The first-order valence-electron chi connectivity index (χ1n) is 5.40. The Bertz CT molecular complexity index is 448. The monoisotopic (exact) mass is 255 g/mol. The summed E-state index contributed by atoms with van der Waals surface area (Å²) in [5.41, 5.74) is 2.06. The van der Waals surface area contributed by atoms with Gasteiger partial charge < -0.3 is 9.84 Å². The number of carboxylic acid groups (broad SMARTS) is 1. The molecule has 1 aliphatic heterocycles. The largest absolute Gasteiger partial charge is 0.493 e. The van der Waals surface area contributed by atoms with Crippen LogP contribution >= 0.6 is 11.6 Å². The molecule has 1 heterocycles. The molecule has 1 aliphatic rings. The topological polar surface area (TPSA) is 49.8 Å².